The molecule has 1 saturated heterocycles. The van der Waals surface area contributed by atoms with E-state index in [1.165, 1.54) is 5.57 Å². The van der Waals surface area contributed by atoms with Crippen LogP contribution in [0.3, 0.4) is 0 Å². The van der Waals surface area contributed by atoms with Crippen molar-refractivity contribution in [3.8, 4) is 6.07 Å². The molecule has 0 N–H and O–H groups in total. The van der Waals surface area contributed by atoms with E-state index >= 15 is 0 Å². The van der Waals surface area contributed by atoms with E-state index in [1.807, 2.05) is 0 Å². The standard InChI is InChI=1S/C14H19NO2/c1-10-3-4-11-12(9-15)14(16-7-8-17-14)6-5-13(10,11)2/h3,11-12H,4-8H2,1-2H3. The van der Waals surface area contributed by atoms with Crippen LogP contribution in [0.25, 0.3) is 0 Å². The summed E-state index contributed by atoms with van der Waals surface area (Å²) in [6.07, 6.45) is 5.21. The van der Waals surface area contributed by atoms with E-state index < -0.39 is 5.79 Å². The molecule has 3 unspecified atom stereocenters. The lowest BCUT2D eigenvalue weighted by Crippen LogP contribution is -2.51. The molecule has 0 bridgehead atoms. The van der Waals surface area contributed by atoms with Gasteiger partial charge in [0.2, 0.25) is 0 Å². The van der Waals surface area contributed by atoms with Gasteiger partial charge in [0.1, 0.15) is 5.92 Å². The molecular formula is C14H19NO2. The van der Waals surface area contributed by atoms with Crippen LogP contribution in [0.5, 0.6) is 0 Å². The topological polar surface area (TPSA) is 42.2 Å². The van der Waals surface area contributed by atoms with Crippen molar-refractivity contribution in [3.05, 3.63) is 11.6 Å². The minimum atomic E-state index is -0.600. The highest BCUT2D eigenvalue weighted by Crippen LogP contribution is 2.58. The average Bonchev–Trinajstić information content (AvgIpc) is 2.89. The minimum Gasteiger partial charge on any atom is -0.346 e. The molecule has 92 valence electrons. The third kappa shape index (κ3) is 1.34. The number of nitrogens with zero attached hydrogens (tertiary/aromatic N) is 1. The minimum absolute atomic E-state index is 0.127. The van der Waals surface area contributed by atoms with Crippen LogP contribution in [0.1, 0.15) is 33.1 Å². The zero-order chi connectivity index (χ0) is 12.1. The first kappa shape index (κ1) is 11.3. The summed E-state index contributed by atoms with van der Waals surface area (Å²) in [7, 11) is 0. The summed E-state index contributed by atoms with van der Waals surface area (Å²) in [4.78, 5) is 0. The van der Waals surface area contributed by atoms with E-state index in [0.717, 1.165) is 19.3 Å². The molecule has 0 aromatic heterocycles. The van der Waals surface area contributed by atoms with E-state index in [0.29, 0.717) is 19.1 Å². The first-order chi connectivity index (χ1) is 8.12. The van der Waals surface area contributed by atoms with Crippen LogP contribution < -0.4 is 0 Å². The summed E-state index contributed by atoms with van der Waals surface area (Å²) >= 11 is 0. The van der Waals surface area contributed by atoms with E-state index in [9.17, 15) is 5.26 Å². The van der Waals surface area contributed by atoms with Crippen LogP contribution in [0.4, 0.5) is 0 Å². The largest absolute Gasteiger partial charge is 0.346 e. The number of ether oxygens (including phenoxy) is 2. The molecule has 0 aromatic carbocycles. The van der Waals surface area contributed by atoms with Crippen LogP contribution in [0.2, 0.25) is 0 Å². The Balaban J connectivity index is 1.96. The lowest BCUT2D eigenvalue weighted by atomic mass is 9.60. The predicted octanol–water partition coefficient (Wildman–Crippen LogP) is 2.64. The van der Waals surface area contributed by atoms with Crippen molar-refractivity contribution < 1.29 is 9.47 Å². The van der Waals surface area contributed by atoms with Gasteiger partial charge < -0.3 is 9.47 Å². The fraction of sp³-hybridized carbons (Fsp3) is 0.786. The van der Waals surface area contributed by atoms with Gasteiger partial charge in [0.05, 0.1) is 19.3 Å². The molecule has 3 rings (SSSR count). The van der Waals surface area contributed by atoms with Gasteiger partial charge in [0, 0.05) is 6.42 Å². The van der Waals surface area contributed by atoms with Crippen molar-refractivity contribution in [2.75, 3.05) is 13.2 Å². The van der Waals surface area contributed by atoms with Crippen molar-refractivity contribution in [1.29, 1.82) is 5.26 Å². The SMILES string of the molecule is CC1=CCC2C(C#N)C3(CCC12C)OCCO3. The van der Waals surface area contributed by atoms with E-state index in [2.05, 4.69) is 26.0 Å². The van der Waals surface area contributed by atoms with Crippen molar-refractivity contribution in [2.45, 2.75) is 38.9 Å². The third-order valence-electron chi connectivity index (χ3n) is 5.18. The Bertz CT molecular complexity index is 403. The third-order valence-corrected chi connectivity index (χ3v) is 5.18. The maximum atomic E-state index is 9.53. The molecule has 3 nitrogen and oxygen atoms in total. The molecule has 2 aliphatic carbocycles. The van der Waals surface area contributed by atoms with Crippen molar-refractivity contribution in [1.82, 2.24) is 0 Å². The smallest absolute Gasteiger partial charge is 0.184 e. The monoisotopic (exact) mass is 233 g/mol. The van der Waals surface area contributed by atoms with Gasteiger partial charge in [-0.15, -0.1) is 0 Å². The first-order valence-electron chi connectivity index (χ1n) is 6.47. The second-order valence-electron chi connectivity index (χ2n) is 5.76. The van der Waals surface area contributed by atoms with E-state index in [1.54, 1.807) is 0 Å². The van der Waals surface area contributed by atoms with Crippen LogP contribution in [0, 0.1) is 28.6 Å². The summed E-state index contributed by atoms with van der Waals surface area (Å²) < 4.78 is 11.6. The van der Waals surface area contributed by atoms with Gasteiger partial charge in [0.15, 0.2) is 5.79 Å². The molecule has 0 radical (unpaired) electrons. The Morgan fingerprint density at radius 3 is 2.71 bits per heavy atom. The van der Waals surface area contributed by atoms with Gasteiger partial charge in [-0.3, -0.25) is 0 Å². The maximum Gasteiger partial charge on any atom is 0.184 e. The Hall–Kier alpha value is -0.850. The van der Waals surface area contributed by atoms with Crippen LogP contribution in [0.15, 0.2) is 11.6 Å². The quantitative estimate of drug-likeness (QED) is 0.604. The molecular weight excluding hydrogens is 214 g/mol. The van der Waals surface area contributed by atoms with Gasteiger partial charge in [-0.1, -0.05) is 18.6 Å². The van der Waals surface area contributed by atoms with E-state index in [-0.39, 0.29) is 11.3 Å². The first-order valence-corrected chi connectivity index (χ1v) is 6.47. The number of hydrogen-bond acceptors (Lipinski definition) is 3. The van der Waals surface area contributed by atoms with Gasteiger partial charge >= 0.3 is 0 Å². The zero-order valence-electron chi connectivity index (χ0n) is 10.5. The summed E-state index contributed by atoms with van der Waals surface area (Å²) in [5.74, 6) is -0.367. The Morgan fingerprint density at radius 1 is 1.35 bits per heavy atom. The van der Waals surface area contributed by atoms with Gasteiger partial charge in [-0.05, 0) is 31.1 Å². The molecule has 3 heteroatoms. The lowest BCUT2D eigenvalue weighted by Gasteiger charge is -2.48. The fourth-order valence-electron chi connectivity index (χ4n) is 3.85. The van der Waals surface area contributed by atoms with Gasteiger partial charge in [0.25, 0.3) is 0 Å². The van der Waals surface area contributed by atoms with Crippen LogP contribution in [-0.2, 0) is 9.47 Å². The number of hydrogen-bond donors (Lipinski definition) is 0. The van der Waals surface area contributed by atoms with Crippen LogP contribution >= 0.6 is 0 Å². The second-order valence-corrected chi connectivity index (χ2v) is 5.76. The number of fused-ring (bicyclic) bond motifs is 1. The highest BCUT2D eigenvalue weighted by atomic mass is 16.7. The second kappa shape index (κ2) is 3.57. The molecule has 17 heavy (non-hydrogen) atoms. The molecule has 3 atom stereocenters. The lowest BCUT2D eigenvalue weighted by molar-refractivity contribution is -0.225. The van der Waals surface area contributed by atoms with Crippen molar-refractivity contribution in [2.24, 2.45) is 17.3 Å². The van der Waals surface area contributed by atoms with E-state index in [4.69, 9.17) is 9.47 Å². The molecule has 1 heterocycles. The molecule has 2 fully saturated rings. The summed E-state index contributed by atoms with van der Waals surface area (Å²) in [6, 6.07) is 2.47. The highest BCUT2D eigenvalue weighted by Gasteiger charge is 2.58. The summed E-state index contributed by atoms with van der Waals surface area (Å²) in [5, 5.41) is 9.53. The van der Waals surface area contributed by atoms with Crippen LogP contribution in [-0.4, -0.2) is 19.0 Å². The van der Waals surface area contributed by atoms with Crippen molar-refractivity contribution in [3.63, 3.8) is 0 Å². The summed E-state index contributed by atoms with van der Waals surface area (Å²) in [6.45, 7) is 5.76. The fourth-order valence-corrected chi connectivity index (χ4v) is 3.85. The predicted molar refractivity (Wildman–Crippen MR) is 62.9 cm³/mol. The maximum absolute atomic E-state index is 9.53. The Morgan fingerprint density at radius 2 is 2.06 bits per heavy atom. The number of allylic oxidation sites excluding steroid dienone is 2. The molecule has 1 aliphatic heterocycles. The van der Waals surface area contributed by atoms with Gasteiger partial charge in [-0.25, -0.2) is 0 Å². The number of nitriles is 1. The molecule has 1 saturated carbocycles. The zero-order valence-corrected chi connectivity index (χ0v) is 10.5. The van der Waals surface area contributed by atoms with Gasteiger partial charge in [-0.2, -0.15) is 5.26 Å². The average molecular weight is 233 g/mol. The molecule has 3 aliphatic rings. The highest BCUT2D eigenvalue weighted by molar-refractivity contribution is 5.25. The normalized spacial score (nSPS) is 43.2. The molecule has 0 aromatic rings. The molecule has 0 amide bonds. The molecule has 1 spiro atoms. The Kier molecular flexibility index (Phi) is 2.36. The summed E-state index contributed by atoms with van der Waals surface area (Å²) in [5.41, 5.74) is 1.62. The number of rotatable bonds is 0. The Labute approximate surface area is 102 Å². The van der Waals surface area contributed by atoms with Crippen molar-refractivity contribution >= 4 is 0 Å².